The highest BCUT2D eigenvalue weighted by atomic mass is 32.2. The highest BCUT2D eigenvalue weighted by Crippen LogP contribution is 2.33. The first-order valence-corrected chi connectivity index (χ1v) is 12.6. The van der Waals surface area contributed by atoms with E-state index < -0.39 is 73.8 Å². The van der Waals surface area contributed by atoms with E-state index in [1.807, 2.05) is 0 Å². The Bertz CT molecular complexity index is 511. The van der Waals surface area contributed by atoms with Gasteiger partial charge >= 0.3 is 0 Å². The molecule has 0 aliphatic carbocycles. The van der Waals surface area contributed by atoms with Gasteiger partial charge in [0.05, 0.1) is 13.2 Å². The Morgan fingerprint density at radius 3 is 1.94 bits per heavy atom. The second-order valence-electron chi connectivity index (χ2n) is 8.50. The predicted octanol–water partition coefficient (Wildman–Crippen LogP) is -0.906. The molecule has 2 heterocycles. The van der Waals surface area contributed by atoms with Crippen molar-refractivity contribution >= 4 is 11.8 Å². The number of hydrogen-bond acceptors (Lipinski definition) is 11. The number of ether oxygens (including phenoxy) is 3. The van der Waals surface area contributed by atoms with Crippen LogP contribution in [-0.2, 0) is 14.2 Å². The molecule has 0 aromatic carbocycles. The van der Waals surface area contributed by atoms with Crippen molar-refractivity contribution in [3.8, 4) is 0 Å². The third-order valence-electron chi connectivity index (χ3n) is 5.99. The second-order valence-corrected chi connectivity index (χ2v) is 9.70. The van der Waals surface area contributed by atoms with Gasteiger partial charge in [0.15, 0.2) is 6.29 Å². The van der Waals surface area contributed by atoms with Gasteiger partial charge in [-0.25, -0.2) is 0 Å². The fourth-order valence-electron chi connectivity index (χ4n) is 3.95. The van der Waals surface area contributed by atoms with Crippen molar-refractivity contribution in [1.29, 1.82) is 0 Å². The molecule has 2 aliphatic heterocycles. The van der Waals surface area contributed by atoms with Gasteiger partial charge in [0.2, 0.25) is 0 Å². The molecule has 0 aromatic rings. The van der Waals surface area contributed by atoms with Crippen LogP contribution in [0.2, 0.25) is 0 Å². The summed E-state index contributed by atoms with van der Waals surface area (Å²) in [5.74, 6) is 0.735. The van der Waals surface area contributed by atoms with Crippen LogP contribution in [-0.4, -0.2) is 115 Å². The lowest BCUT2D eigenvalue weighted by molar-refractivity contribution is -0.338. The van der Waals surface area contributed by atoms with Gasteiger partial charge in [-0.3, -0.25) is 0 Å². The molecule has 0 saturated carbocycles. The number of unbranched alkanes of at least 4 members (excludes halogenated alkanes) is 6. The van der Waals surface area contributed by atoms with Gasteiger partial charge in [0.25, 0.3) is 0 Å². The maximum Gasteiger partial charge on any atom is 0.187 e. The fourth-order valence-corrected chi connectivity index (χ4v) is 5.13. The van der Waals surface area contributed by atoms with E-state index in [1.165, 1.54) is 37.4 Å². The normalized spacial score (nSPS) is 40.5. The molecule has 10 atom stereocenters. The van der Waals surface area contributed by atoms with Crippen molar-refractivity contribution in [2.75, 3.05) is 19.0 Å². The summed E-state index contributed by atoms with van der Waals surface area (Å²) >= 11 is 1.36. The summed E-state index contributed by atoms with van der Waals surface area (Å²) in [4.78, 5) is 0. The van der Waals surface area contributed by atoms with Gasteiger partial charge in [-0.1, -0.05) is 45.4 Å². The number of thioether (sulfide) groups is 1. The second kappa shape index (κ2) is 14.4. The molecule has 0 bridgehead atoms. The van der Waals surface area contributed by atoms with Crippen molar-refractivity contribution in [3.05, 3.63) is 0 Å². The van der Waals surface area contributed by atoms with Crippen LogP contribution < -0.4 is 0 Å². The van der Waals surface area contributed by atoms with Crippen LogP contribution in [0.4, 0.5) is 0 Å². The lowest BCUT2D eigenvalue weighted by Gasteiger charge is -2.46. The van der Waals surface area contributed by atoms with E-state index in [0.717, 1.165) is 25.0 Å². The van der Waals surface area contributed by atoms with Crippen LogP contribution in [0.3, 0.4) is 0 Å². The third-order valence-corrected chi connectivity index (χ3v) is 7.23. The molecule has 0 spiro atoms. The number of aliphatic hydroxyl groups excluding tert-OH is 7. The van der Waals surface area contributed by atoms with Crippen molar-refractivity contribution in [1.82, 2.24) is 0 Å². The molecule has 190 valence electrons. The molecule has 10 nitrogen and oxygen atoms in total. The Kier molecular flexibility index (Phi) is 12.7. The number of aliphatic hydroxyl groups is 7. The maximum absolute atomic E-state index is 10.6. The minimum absolute atomic E-state index is 0.514. The van der Waals surface area contributed by atoms with Crippen molar-refractivity contribution in [2.45, 2.75) is 112 Å². The highest BCUT2D eigenvalue weighted by Gasteiger charge is 2.50. The van der Waals surface area contributed by atoms with Gasteiger partial charge < -0.3 is 50.0 Å². The Morgan fingerprint density at radius 2 is 1.31 bits per heavy atom. The molecule has 0 amide bonds. The first kappa shape index (κ1) is 28.2. The maximum atomic E-state index is 10.6. The van der Waals surface area contributed by atoms with Crippen LogP contribution in [0.5, 0.6) is 0 Å². The smallest absolute Gasteiger partial charge is 0.187 e. The van der Waals surface area contributed by atoms with E-state index in [-0.39, 0.29) is 0 Å². The van der Waals surface area contributed by atoms with Crippen molar-refractivity contribution in [3.63, 3.8) is 0 Å². The van der Waals surface area contributed by atoms with E-state index in [1.54, 1.807) is 0 Å². The molecule has 11 heteroatoms. The van der Waals surface area contributed by atoms with Crippen LogP contribution in [0.15, 0.2) is 0 Å². The summed E-state index contributed by atoms with van der Waals surface area (Å²) in [6.07, 6.45) is -4.45. The Labute approximate surface area is 193 Å². The van der Waals surface area contributed by atoms with Gasteiger partial charge in [0.1, 0.15) is 54.3 Å². The summed E-state index contributed by atoms with van der Waals surface area (Å²) in [6, 6.07) is 0. The molecule has 2 fully saturated rings. The summed E-state index contributed by atoms with van der Waals surface area (Å²) in [5, 5.41) is 70.1. The lowest BCUT2D eigenvalue weighted by Crippen LogP contribution is -2.64. The lowest BCUT2D eigenvalue weighted by atomic mass is 9.97. The third kappa shape index (κ3) is 7.47. The molecule has 0 radical (unpaired) electrons. The SMILES string of the molecule is CCCCCCCCCS[C@@H]1OC(CO)[C@@H](O[C@H]2OC(CO)[C@@H](O)[C@@H](O)C2O)[C@@H](O)C1O. The Morgan fingerprint density at radius 1 is 0.688 bits per heavy atom. The van der Waals surface area contributed by atoms with E-state index in [4.69, 9.17) is 14.2 Å². The van der Waals surface area contributed by atoms with E-state index >= 15 is 0 Å². The molecule has 2 saturated heterocycles. The average Bonchev–Trinajstić information content (AvgIpc) is 2.79. The topological polar surface area (TPSA) is 169 Å². The standard InChI is InChI=1S/C21H40O10S/c1-2-3-4-5-6-7-8-9-32-21-18(28)16(26)19(13(11-23)30-21)31-20-17(27)15(25)14(24)12(10-22)29-20/h12-28H,2-11H2,1H3/t12?,13?,14-,15-,16+,17?,18?,19-,20-,21+/m1/s1. The zero-order chi connectivity index (χ0) is 23.7. The predicted molar refractivity (Wildman–Crippen MR) is 117 cm³/mol. The quantitative estimate of drug-likeness (QED) is 0.162. The Balaban J connectivity index is 1.86. The zero-order valence-electron chi connectivity index (χ0n) is 18.6. The highest BCUT2D eigenvalue weighted by molar-refractivity contribution is 7.99. The molecule has 2 rings (SSSR count). The van der Waals surface area contributed by atoms with Gasteiger partial charge in [-0.05, 0) is 12.2 Å². The molecular formula is C21H40O10S. The van der Waals surface area contributed by atoms with Crippen molar-refractivity contribution < 1.29 is 50.0 Å². The van der Waals surface area contributed by atoms with Crippen LogP contribution >= 0.6 is 11.8 Å². The minimum Gasteiger partial charge on any atom is -0.394 e. The fraction of sp³-hybridized carbons (Fsp3) is 1.00. The van der Waals surface area contributed by atoms with Crippen LogP contribution in [0.25, 0.3) is 0 Å². The van der Waals surface area contributed by atoms with Gasteiger partial charge in [-0.15, -0.1) is 11.8 Å². The van der Waals surface area contributed by atoms with E-state index in [2.05, 4.69) is 6.92 Å². The van der Waals surface area contributed by atoms with Gasteiger partial charge in [-0.2, -0.15) is 0 Å². The monoisotopic (exact) mass is 484 g/mol. The first-order chi connectivity index (χ1) is 15.3. The molecular weight excluding hydrogens is 444 g/mol. The van der Waals surface area contributed by atoms with E-state index in [9.17, 15) is 35.7 Å². The molecule has 2 aliphatic rings. The summed E-state index contributed by atoms with van der Waals surface area (Å²) < 4.78 is 16.6. The Hall–Kier alpha value is -0.0500. The number of hydrogen-bond donors (Lipinski definition) is 7. The number of rotatable bonds is 13. The van der Waals surface area contributed by atoms with Crippen LogP contribution in [0.1, 0.15) is 51.9 Å². The van der Waals surface area contributed by atoms with Gasteiger partial charge in [0, 0.05) is 0 Å². The summed E-state index contributed by atoms with van der Waals surface area (Å²) in [6.45, 7) is 1.04. The van der Waals surface area contributed by atoms with E-state index in [0.29, 0.717) is 0 Å². The molecule has 0 aromatic heterocycles. The molecule has 4 unspecified atom stereocenters. The molecule has 7 N–H and O–H groups in total. The average molecular weight is 485 g/mol. The van der Waals surface area contributed by atoms with Crippen LogP contribution in [0, 0.1) is 0 Å². The molecule has 32 heavy (non-hydrogen) atoms. The zero-order valence-corrected chi connectivity index (χ0v) is 19.4. The van der Waals surface area contributed by atoms with Crippen molar-refractivity contribution in [2.24, 2.45) is 0 Å². The first-order valence-electron chi connectivity index (χ1n) is 11.6. The minimum atomic E-state index is -1.67. The summed E-state index contributed by atoms with van der Waals surface area (Å²) in [7, 11) is 0. The summed E-state index contributed by atoms with van der Waals surface area (Å²) in [5.41, 5.74) is -0.753. The largest absolute Gasteiger partial charge is 0.394 e.